The van der Waals surface area contributed by atoms with Crippen LogP contribution < -0.4 is 10.9 Å². The Bertz CT molecular complexity index is 561. The van der Waals surface area contributed by atoms with Gasteiger partial charge in [-0.1, -0.05) is 0 Å². The molecule has 1 saturated heterocycles. The fourth-order valence-electron chi connectivity index (χ4n) is 2.09. The summed E-state index contributed by atoms with van der Waals surface area (Å²) >= 11 is 0. The van der Waals surface area contributed by atoms with E-state index < -0.39 is 10.5 Å². The average molecular weight is 280 g/mol. The summed E-state index contributed by atoms with van der Waals surface area (Å²) in [6.45, 7) is 2.63. The quantitative estimate of drug-likeness (QED) is 0.599. The van der Waals surface area contributed by atoms with Crippen LogP contribution in [0.5, 0.6) is 0 Å². The van der Waals surface area contributed by atoms with E-state index in [1.165, 1.54) is 0 Å². The molecule has 0 bridgehead atoms. The number of aromatic nitrogens is 1. The second-order valence-electron chi connectivity index (χ2n) is 4.59. The molecule has 1 aromatic heterocycles. The van der Waals surface area contributed by atoms with Gasteiger partial charge in [-0.25, -0.2) is 0 Å². The van der Waals surface area contributed by atoms with Gasteiger partial charge in [-0.15, -0.1) is 0 Å². The van der Waals surface area contributed by atoms with Crippen molar-refractivity contribution in [1.29, 1.82) is 0 Å². The van der Waals surface area contributed by atoms with Crippen molar-refractivity contribution in [1.82, 2.24) is 14.8 Å². The summed E-state index contributed by atoms with van der Waals surface area (Å²) in [6.07, 6.45) is 1.96. The number of nitrogens with zero attached hydrogens (tertiary/aromatic N) is 3. The Hall–Kier alpha value is -2.22. The van der Waals surface area contributed by atoms with Crippen LogP contribution >= 0.6 is 0 Å². The van der Waals surface area contributed by atoms with Crippen LogP contribution in [0.2, 0.25) is 0 Å². The molecule has 1 fully saturated rings. The maximum atomic E-state index is 12.1. The molecule has 0 atom stereocenters. The summed E-state index contributed by atoms with van der Waals surface area (Å²) in [5.41, 5.74) is -0.619. The topological polar surface area (TPSA) is 97.5 Å². The molecule has 2 heterocycles. The predicted molar refractivity (Wildman–Crippen MR) is 71.4 cm³/mol. The fourth-order valence-corrected chi connectivity index (χ4v) is 2.09. The fraction of sp³-hybridized carbons (Fsp3) is 0.500. The Balaban J connectivity index is 2.12. The van der Waals surface area contributed by atoms with E-state index in [1.54, 1.807) is 4.90 Å². The van der Waals surface area contributed by atoms with Gasteiger partial charge in [0.25, 0.3) is 11.2 Å². The van der Waals surface area contributed by atoms with E-state index in [0.29, 0.717) is 13.1 Å². The zero-order valence-corrected chi connectivity index (χ0v) is 10.9. The lowest BCUT2D eigenvalue weighted by Gasteiger charge is -2.20. The normalized spacial score (nSPS) is 15.7. The van der Waals surface area contributed by atoms with Gasteiger partial charge < -0.3 is 10.2 Å². The number of rotatable bonds is 3. The second-order valence-corrected chi connectivity index (χ2v) is 4.59. The highest BCUT2D eigenvalue weighted by molar-refractivity contribution is 5.76. The minimum Gasteiger partial charge on any atom is -0.340 e. The van der Waals surface area contributed by atoms with E-state index in [0.717, 1.165) is 42.4 Å². The van der Waals surface area contributed by atoms with E-state index in [1.807, 2.05) is 0 Å². The smallest absolute Gasteiger partial charge is 0.285 e. The molecule has 1 aliphatic rings. The number of nitrogens with one attached hydrogen (secondary N) is 1. The lowest BCUT2D eigenvalue weighted by molar-refractivity contribution is -0.385. The summed E-state index contributed by atoms with van der Waals surface area (Å²) in [7, 11) is 0. The standard InChI is InChI=1S/C12H16N4O4/c17-11-3-2-10(16(19)20)8-15(11)9-12(18)14-6-1-4-13-5-7-14/h2-3,8,13H,1,4-7,9H2. The van der Waals surface area contributed by atoms with Gasteiger partial charge >= 0.3 is 0 Å². The second kappa shape index (κ2) is 6.29. The lowest BCUT2D eigenvalue weighted by atomic mass is 10.3. The van der Waals surface area contributed by atoms with Crippen molar-refractivity contribution in [3.8, 4) is 0 Å². The molecule has 8 heteroatoms. The molecule has 108 valence electrons. The van der Waals surface area contributed by atoms with Crippen molar-refractivity contribution in [3.05, 3.63) is 38.8 Å². The van der Waals surface area contributed by atoms with E-state index in [-0.39, 0.29) is 18.1 Å². The molecule has 20 heavy (non-hydrogen) atoms. The van der Waals surface area contributed by atoms with Crippen LogP contribution in [0.4, 0.5) is 5.69 Å². The van der Waals surface area contributed by atoms with Gasteiger partial charge in [-0.3, -0.25) is 24.3 Å². The van der Waals surface area contributed by atoms with Crippen LogP contribution in [-0.4, -0.2) is 46.5 Å². The van der Waals surface area contributed by atoms with Crippen LogP contribution in [0.3, 0.4) is 0 Å². The number of carbonyl (C=O) groups is 1. The summed E-state index contributed by atoms with van der Waals surface area (Å²) in [5.74, 6) is -0.198. The molecule has 0 aliphatic carbocycles. The van der Waals surface area contributed by atoms with Gasteiger partial charge in [0.15, 0.2) is 0 Å². The third kappa shape index (κ3) is 3.41. The molecule has 0 unspecified atom stereocenters. The van der Waals surface area contributed by atoms with Crippen molar-refractivity contribution in [2.75, 3.05) is 26.2 Å². The maximum absolute atomic E-state index is 12.1. The Morgan fingerprint density at radius 2 is 2.15 bits per heavy atom. The van der Waals surface area contributed by atoms with E-state index in [9.17, 15) is 19.7 Å². The third-order valence-electron chi connectivity index (χ3n) is 3.18. The van der Waals surface area contributed by atoms with Crippen molar-refractivity contribution in [2.24, 2.45) is 0 Å². The molecule has 0 aromatic carbocycles. The van der Waals surface area contributed by atoms with Gasteiger partial charge in [-0.2, -0.15) is 0 Å². The SMILES string of the molecule is O=C(Cn1cc([N+](=O)[O-])ccc1=O)N1CCCNCC1. The van der Waals surface area contributed by atoms with Crippen LogP contribution in [0.15, 0.2) is 23.1 Å². The predicted octanol–water partition coefficient (Wildman–Crippen LogP) is -0.422. The minimum absolute atomic E-state index is 0.166. The highest BCUT2D eigenvalue weighted by atomic mass is 16.6. The molecule has 0 saturated carbocycles. The number of hydrogen-bond acceptors (Lipinski definition) is 5. The van der Waals surface area contributed by atoms with Crippen molar-refractivity contribution in [3.63, 3.8) is 0 Å². The molecule has 0 spiro atoms. The lowest BCUT2D eigenvalue weighted by Crippen LogP contribution is -2.38. The van der Waals surface area contributed by atoms with Gasteiger partial charge in [0.05, 0.1) is 11.1 Å². The third-order valence-corrected chi connectivity index (χ3v) is 3.18. The average Bonchev–Trinajstić information content (AvgIpc) is 2.70. The molecular weight excluding hydrogens is 264 g/mol. The summed E-state index contributed by atoms with van der Waals surface area (Å²) < 4.78 is 1.08. The number of hydrogen-bond donors (Lipinski definition) is 1. The van der Waals surface area contributed by atoms with E-state index >= 15 is 0 Å². The van der Waals surface area contributed by atoms with Crippen LogP contribution in [-0.2, 0) is 11.3 Å². The Morgan fingerprint density at radius 1 is 1.35 bits per heavy atom. The van der Waals surface area contributed by atoms with Crippen molar-refractivity contribution >= 4 is 11.6 Å². The van der Waals surface area contributed by atoms with E-state index in [4.69, 9.17) is 0 Å². The summed E-state index contributed by atoms with van der Waals surface area (Å²) in [5, 5.41) is 13.9. The van der Waals surface area contributed by atoms with Crippen LogP contribution in [0.1, 0.15) is 6.42 Å². The molecule has 2 rings (SSSR count). The monoisotopic (exact) mass is 280 g/mol. The van der Waals surface area contributed by atoms with Crippen molar-refractivity contribution < 1.29 is 9.72 Å². The molecular formula is C12H16N4O4. The first-order valence-electron chi connectivity index (χ1n) is 6.41. The Morgan fingerprint density at radius 3 is 2.90 bits per heavy atom. The molecule has 1 amide bonds. The van der Waals surface area contributed by atoms with E-state index in [2.05, 4.69) is 5.32 Å². The zero-order chi connectivity index (χ0) is 14.5. The molecule has 1 aromatic rings. The highest BCUT2D eigenvalue weighted by Gasteiger charge is 2.17. The first-order chi connectivity index (χ1) is 9.58. The highest BCUT2D eigenvalue weighted by Crippen LogP contribution is 2.07. The van der Waals surface area contributed by atoms with Gasteiger partial charge in [0, 0.05) is 31.8 Å². The molecule has 1 aliphatic heterocycles. The molecule has 1 N–H and O–H groups in total. The molecule has 0 radical (unpaired) electrons. The van der Waals surface area contributed by atoms with Gasteiger partial charge in [0.1, 0.15) is 6.54 Å². The largest absolute Gasteiger partial charge is 0.340 e. The molecule has 8 nitrogen and oxygen atoms in total. The minimum atomic E-state index is -0.587. The Labute approximate surface area is 115 Å². The number of carbonyl (C=O) groups excluding carboxylic acids is 1. The first kappa shape index (κ1) is 14.2. The van der Waals surface area contributed by atoms with Gasteiger partial charge in [-0.05, 0) is 13.0 Å². The summed E-state index contributed by atoms with van der Waals surface area (Å²) in [6, 6.07) is 2.24. The maximum Gasteiger partial charge on any atom is 0.285 e. The zero-order valence-electron chi connectivity index (χ0n) is 10.9. The summed E-state index contributed by atoms with van der Waals surface area (Å²) in [4.78, 5) is 35.5. The van der Waals surface area contributed by atoms with Crippen molar-refractivity contribution in [2.45, 2.75) is 13.0 Å². The van der Waals surface area contributed by atoms with Gasteiger partial charge in [0.2, 0.25) is 5.91 Å². The number of pyridine rings is 1. The first-order valence-corrected chi connectivity index (χ1v) is 6.41. The Kier molecular flexibility index (Phi) is 4.46. The number of nitro groups is 1. The van der Waals surface area contributed by atoms with Crippen LogP contribution in [0.25, 0.3) is 0 Å². The van der Waals surface area contributed by atoms with Crippen LogP contribution in [0, 0.1) is 10.1 Å². The number of amides is 1.